The van der Waals surface area contributed by atoms with E-state index in [1.807, 2.05) is 48.5 Å². The van der Waals surface area contributed by atoms with E-state index in [0.717, 1.165) is 23.4 Å². The summed E-state index contributed by atoms with van der Waals surface area (Å²) in [5.74, 6) is 2.14. The van der Waals surface area contributed by atoms with Gasteiger partial charge in [-0.3, -0.25) is 0 Å². The second kappa shape index (κ2) is 6.87. The number of hydrogen-bond donors (Lipinski definition) is 1. The summed E-state index contributed by atoms with van der Waals surface area (Å²) in [5.41, 5.74) is 2.11. The molecule has 1 heterocycles. The van der Waals surface area contributed by atoms with Crippen molar-refractivity contribution in [3.8, 4) is 17.1 Å². The summed E-state index contributed by atoms with van der Waals surface area (Å²) in [6, 6.07) is 17.8. The van der Waals surface area contributed by atoms with E-state index < -0.39 is 0 Å². The molecular formula is C17H18N3O2+. The average molecular weight is 296 g/mol. The predicted octanol–water partition coefficient (Wildman–Crippen LogP) is 2.01. The third-order valence-electron chi connectivity index (χ3n) is 3.38. The van der Waals surface area contributed by atoms with Crippen LogP contribution in [0, 0.1) is 0 Å². The maximum Gasteiger partial charge on any atom is 0.282 e. The van der Waals surface area contributed by atoms with Gasteiger partial charge < -0.3 is 14.6 Å². The van der Waals surface area contributed by atoms with Gasteiger partial charge in [0.25, 0.3) is 5.89 Å². The third-order valence-corrected chi connectivity index (χ3v) is 3.38. The van der Waals surface area contributed by atoms with Gasteiger partial charge in [0, 0.05) is 11.1 Å². The standard InChI is InChI=1S/C17H17N3O2/c1-21-15-10-6-5-9-14(15)11-18-12-16-19-17(20-22-16)13-7-3-2-4-8-13/h2-10,18H,11-12H2,1H3/p+1. The van der Waals surface area contributed by atoms with Crippen LogP contribution in [0.1, 0.15) is 11.5 Å². The van der Waals surface area contributed by atoms with E-state index >= 15 is 0 Å². The molecule has 0 amide bonds. The Morgan fingerprint density at radius 3 is 2.59 bits per heavy atom. The van der Waals surface area contributed by atoms with Crippen molar-refractivity contribution >= 4 is 0 Å². The summed E-state index contributed by atoms with van der Waals surface area (Å²) in [7, 11) is 1.68. The van der Waals surface area contributed by atoms with E-state index in [0.29, 0.717) is 18.3 Å². The van der Waals surface area contributed by atoms with Crippen molar-refractivity contribution in [3.05, 3.63) is 66.1 Å². The van der Waals surface area contributed by atoms with Crippen LogP contribution in [0.15, 0.2) is 59.1 Å². The van der Waals surface area contributed by atoms with Crippen LogP contribution in [0.2, 0.25) is 0 Å². The van der Waals surface area contributed by atoms with Gasteiger partial charge in [0.2, 0.25) is 5.82 Å². The zero-order valence-electron chi connectivity index (χ0n) is 12.4. The number of rotatable bonds is 6. The van der Waals surface area contributed by atoms with Crippen LogP contribution in [0.5, 0.6) is 5.75 Å². The lowest BCUT2D eigenvalue weighted by Gasteiger charge is -2.05. The predicted molar refractivity (Wildman–Crippen MR) is 82.1 cm³/mol. The van der Waals surface area contributed by atoms with Gasteiger partial charge in [-0.2, -0.15) is 4.98 Å². The highest BCUT2D eigenvalue weighted by atomic mass is 16.5. The van der Waals surface area contributed by atoms with Gasteiger partial charge in [0.1, 0.15) is 12.3 Å². The fourth-order valence-corrected chi connectivity index (χ4v) is 2.27. The van der Waals surface area contributed by atoms with Gasteiger partial charge in [-0.1, -0.05) is 47.6 Å². The molecule has 0 spiro atoms. The molecule has 0 atom stereocenters. The molecule has 0 saturated heterocycles. The van der Waals surface area contributed by atoms with E-state index in [9.17, 15) is 0 Å². The number of ether oxygens (including phenoxy) is 1. The smallest absolute Gasteiger partial charge is 0.282 e. The van der Waals surface area contributed by atoms with Crippen molar-refractivity contribution in [2.75, 3.05) is 7.11 Å². The van der Waals surface area contributed by atoms with Crippen LogP contribution < -0.4 is 10.1 Å². The molecule has 2 N–H and O–H groups in total. The number of nitrogens with zero attached hydrogens (tertiary/aromatic N) is 2. The van der Waals surface area contributed by atoms with Gasteiger partial charge in [-0.25, -0.2) is 0 Å². The Labute approximate surface area is 128 Å². The SMILES string of the molecule is COc1ccccc1C[NH2+]Cc1nc(-c2ccccc2)no1. The molecule has 1 aromatic heterocycles. The molecule has 5 heteroatoms. The molecule has 0 fully saturated rings. The van der Waals surface area contributed by atoms with Crippen molar-refractivity contribution in [1.82, 2.24) is 10.1 Å². The van der Waals surface area contributed by atoms with Crippen LogP contribution in [0.4, 0.5) is 0 Å². The molecular weight excluding hydrogens is 278 g/mol. The minimum atomic E-state index is 0.619. The van der Waals surface area contributed by atoms with Gasteiger partial charge in [-0.15, -0.1) is 0 Å². The number of nitrogens with two attached hydrogens (primary N) is 1. The quantitative estimate of drug-likeness (QED) is 0.755. The highest BCUT2D eigenvalue weighted by Crippen LogP contribution is 2.16. The molecule has 0 radical (unpaired) electrons. The van der Waals surface area contributed by atoms with Crippen molar-refractivity contribution in [3.63, 3.8) is 0 Å². The van der Waals surface area contributed by atoms with E-state index in [1.165, 1.54) is 0 Å². The highest BCUT2D eigenvalue weighted by Gasteiger charge is 2.10. The van der Waals surface area contributed by atoms with Gasteiger partial charge in [0.05, 0.1) is 7.11 Å². The number of methoxy groups -OCH3 is 1. The van der Waals surface area contributed by atoms with Gasteiger partial charge in [0.15, 0.2) is 6.54 Å². The van der Waals surface area contributed by atoms with Crippen LogP contribution in [-0.4, -0.2) is 17.3 Å². The maximum atomic E-state index is 5.34. The lowest BCUT2D eigenvalue weighted by atomic mass is 10.2. The minimum Gasteiger partial charge on any atom is -0.496 e. The number of hydrogen-bond acceptors (Lipinski definition) is 4. The topological polar surface area (TPSA) is 64.8 Å². The molecule has 0 saturated carbocycles. The Kier molecular flexibility index (Phi) is 4.46. The zero-order valence-corrected chi connectivity index (χ0v) is 12.4. The summed E-state index contributed by atoms with van der Waals surface area (Å²) in [6.45, 7) is 1.44. The van der Waals surface area contributed by atoms with Crippen LogP contribution >= 0.6 is 0 Å². The van der Waals surface area contributed by atoms with Crippen LogP contribution in [0.25, 0.3) is 11.4 Å². The largest absolute Gasteiger partial charge is 0.496 e. The molecule has 5 nitrogen and oxygen atoms in total. The maximum absolute atomic E-state index is 5.34. The van der Waals surface area contributed by atoms with Crippen molar-refractivity contribution < 1.29 is 14.6 Å². The highest BCUT2D eigenvalue weighted by molar-refractivity contribution is 5.53. The first kappa shape index (κ1) is 14.3. The van der Waals surface area contributed by atoms with Crippen LogP contribution in [-0.2, 0) is 13.1 Å². The van der Waals surface area contributed by atoms with Crippen molar-refractivity contribution in [2.24, 2.45) is 0 Å². The lowest BCUT2D eigenvalue weighted by Crippen LogP contribution is -2.80. The van der Waals surface area contributed by atoms with Crippen molar-refractivity contribution in [2.45, 2.75) is 13.1 Å². The molecule has 3 aromatic rings. The number of benzene rings is 2. The Bertz CT molecular complexity index is 726. The van der Waals surface area contributed by atoms with E-state index in [2.05, 4.69) is 21.5 Å². The minimum absolute atomic E-state index is 0.619. The number of aromatic nitrogens is 2. The van der Waals surface area contributed by atoms with Gasteiger partial charge >= 0.3 is 0 Å². The second-order valence-corrected chi connectivity index (χ2v) is 4.89. The first-order valence-corrected chi connectivity index (χ1v) is 7.18. The van der Waals surface area contributed by atoms with E-state index in [-0.39, 0.29) is 0 Å². The summed E-state index contributed by atoms with van der Waals surface area (Å²) < 4.78 is 10.6. The fraction of sp³-hybridized carbons (Fsp3) is 0.176. The summed E-state index contributed by atoms with van der Waals surface area (Å²) in [4.78, 5) is 4.41. The summed E-state index contributed by atoms with van der Waals surface area (Å²) in [5, 5.41) is 6.13. The molecule has 112 valence electrons. The normalized spacial score (nSPS) is 10.6. The molecule has 3 rings (SSSR count). The molecule has 0 aliphatic rings. The molecule has 2 aromatic carbocycles. The average Bonchev–Trinajstić information content (AvgIpc) is 3.05. The number of quaternary nitrogens is 1. The zero-order chi connectivity index (χ0) is 15.2. The Morgan fingerprint density at radius 1 is 1.00 bits per heavy atom. The number of para-hydroxylation sites is 1. The summed E-state index contributed by atoms with van der Waals surface area (Å²) in [6.07, 6.45) is 0. The monoisotopic (exact) mass is 296 g/mol. The molecule has 0 bridgehead atoms. The van der Waals surface area contributed by atoms with E-state index in [4.69, 9.17) is 9.26 Å². The Morgan fingerprint density at radius 2 is 1.77 bits per heavy atom. The third kappa shape index (κ3) is 3.32. The van der Waals surface area contributed by atoms with E-state index in [1.54, 1.807) is 7.11 Å². The van der Waals surface area contributed by atoms with Gasteiger partial charge in [-0.05, 0) is 12.1 Å². The Hall–Kier alpha value is -2.66. The lowest BCUT2D eigenvalue weighted by molar-refractivity contribution is -0.688. The van der Waals surface area contributed by atoms with Crippen molar-refractivity contribution in [1.29, 1.82) is 0 Å². The molecule has 0 aliphatic carbocycles. The second-order valence-electron chi connectivity index (χ2n) is 4.89. The molecule has 0 aliphatic heterocycles. The first-order chi connectivity index (χ1) is 10.9. The summed E-state index contributed by atoms with van der Waals surface area (Å²) >= 11 is 0. The molecule has 22 heavy (non-hydrogen) atoms. The fourth-order valence-electron chi connectivity index (χ4n) is 2.27. The first-order valence-electron chi connectivity index (χ1n) is 7.18. The molecule has 0 unspecified atom stereocenters. The van der Waals surface area contributed by atoms with Crippen LogP contribution in [0.3, 0.4) is 0 Å². The Balaban J connectivity index is 1.60.